The first-order valence-electron chi connectivity index (χ1n) is 13.7. The van der Waals surface area contributed by atoms with E-state index in [1.54, 1.807) is 11.1 Å². The van der Waals surface area contributed by atoms with Crippen LogP contribution in [0.2, 0.25) is 0 Å². The molecule has 0 saturated carbocycles. The molecule has 4 bridgehead atoms. The van der Waals surface area contributed by atoms with Crippen molar-refractivity contribution in [2.45, 2.75) is 50.6 Å². The molecular weight excluding hydrogens is 494 g/mol. The molecule has 1 aromatic heterocycles. The highest BCUT2D eigenvalue weighted by Gasteiger charge is 2.61. The van der Waals surface area contributed by atoms with E-state index in [1.165, 1.54) is 0 Å². The highest BCUT2D eigenvalue weighted by molar-refractivity contribution is 6.12. The van der Waals surface area contributed by atoms with Gasteiger partial charge in [0.2, 0.25) is 17.7 Å². The largest absolute Gasteiger partial charge is 0.494 e. The minimum atomic E-state index is -0.987. The minimum Gasteiger partial charge on any atom is -0.494 e. The van der Waals surface area contributed by atoms with Gasteiger partial charge in [-0.3, -0.25) is 14.4 Å². The molecule has 9 nitrogen and oxygen atoms in total. The number of anilines is 1. The first-order valence-corrected chi connectivity index (χ1v) is 13.7. The molecule has 0 radical (unpaired) electrons. The zero-order valence-corrected chi connectivity index (χ0v) is 22.1. The second kappa shape index (κ2) is 10.2. The van der Waals surface area contributed by atoms with E-state index in [1.807, 2.05) is 71.1 Å². The topological polar surface area (TPSA) is 96.8 Å². The van der Waals surface area contributed by atoms with Crippen LogP contribution in [0.3, 0.4) is 0 Å². The number of likely N-dealkylation sites (tertiary alicyclic amines) is 1. The van der Waals surface area contributed by atoms with Gasteiger partial charge in [-0.25, -0.2) is 4.98 Å². The monoisotopic (exact) mass is 527 g/mol. The Morgan fingerprint density at radius 1 is 1.18 bits per heavy atom. The minimum absolute atomic E-state index is 0.0125. The van der Waals surface area contributed by atoms with Crippen molar-refractivity contribution in [2.24, 2.45) is 0 Å². The van der Waals surface area contributed by atoms with E-state index in [0.29, 0.717) is 51.3 Å². The maximum absolute atomic E-state index is 14.4. The zero-order chi connectivity index (χ0) is 27.0. The smallest absolute Gasteiger partial charge is 0.240 e. The summed E-state index contributed by atoms with van der Waals surface area (Å²) < 4.78 is 8.02. The third kappa shape index (κ3) is 4.26. The van der Waals surface area contributed by atoms with Crippen LogP contribution in [0.4, 0.5) is 5.69 Å². The lowest BCUT2D eigenvalue weighted by Crippen LogP contribution is -2.48. The molecule has 3 aliphatic rings. The van der Waals surface area contributed by atoms with Crippen LogP contribution in [0.15, 0.2) is 60.9 Å². The number of benzene rings is 2. The quantitative estimate of drug-likeness (QED) is 0.563. The summed E-state index contributed by atoms with van der Waals surface area (Å²) in [6.07, 6.45) is 5.88. The number of rotatable bonds is 4. The maximum atomic E-state index is 14.4. The van der Waals surface area contributed by atoms with Crippen molar-refractivity contribution in [3.63, 3.8) is 0 Å². The number of hydrogen-bond donors (Lipinski definition) is 1. The van der Waals surface area contributed by atoms with Crippen molar-refractivity contribution in [1.29, 1.82) is 0 Å². The van der Waals surface area contributed by atoms with Crippen LogP contribution in [0, 0.1) is 0 Å². The van der Waals surface area contributed by atoms with E-state index in [4.69, 9.17) is 4.74 Å². The van der Waals surface area contributed by atoms with Crippen LogP contribution < -0.4 is 15.0 Å². The molecule has 1 saturated heterocycles. The Kier molecular flexibility index (Phi) is 6.58. The number of nitrogens with one attached hydrogen (secondary N) is 1. The van der Waals surface area contributed by atoms with Gasteiger partial charge in [-0.15, -0.1) is 0 Å². The van der Waals surface area contributed by atoms with Gasteiger partial charge < -0.3 is 24.4 Å². The Morgan fingerprint density at radius 3 is 2.92 bits per heavy atom. The number of carbonyl (C=O) groups is 3. The van der Waals surface area contributed by atoms with Gasteiger partial charge in [-0.1, -0.05) is 37.3 Å². The predicted molar refractivity (Wildman–Crippen MR) is 145 cm³/mol. The van der Waals surface area contributed by atoms with Crippen LogP contribution >= 0.6 is 0 Å². The summed E-state index contributed by atoms with van der Waals surface area (Å²) in [5.74, 6) is 1.27. The number of para-hydroxylation sites is 1. The van der Waals surface area contributed by atoms with Crippen molar-refractivity contribution in [3.8, 4) is 5.75 Å². The van der Waals surface area contributed by atoms with Gasteiger partial charge >= 0.3 is 0 Å². The zero-order valence-electron chi connectivity index (χ0n) is 22.1. The summed E-state index contributed by atoms with van der Waals surface area (Å²) >= 11 is 0. The summed E-state index contributed by atoms with van der Waals surface area (Å²) in [5, 5.41) is 2.92. The fraction of sp³-hybridized carbons (Fsp3) is 0.400. The van der Waals surface area contributed by atoms with E-state index in [2.05, 4.69) is 10.3 Å². The number of imidazole rings is 1. The van der Waals surface area contributed by atoms with Crippen molar-refractivity contribution >= 4 is 23.4 Å². The number of ether oxygens (including phenoxy) is 1. The fourth-order valence-electron chi connectivity index (χ4n) is 6.46. The molecule has 39 heavy (non-hydrogen) atoms. The summed E-state index contributed by atoms with van der Waals surface area (Å²) in [6.45, 7) is 3.88. The summed E-state index contributed by atoms with van der Waals surface area (Å²) in [5.41, 5.74) is 1.48. The second-order valence-corrected chi connectivity index (χ2v) is 10.4. The Labute approximate surface area is 227 Å². The normalized spacial score (nSPS) is 22.5. The van der Waals surface area contributed by atoms with Crippen molar-refractivity contribution < 1.29 is 19.1 Å². The van der Waals surface area contributed by atoms with Gasteiger partial charge in [0.05, 0.1) is 12.6 Å². The highest BCUT2D eigenvalue weighted by Crippen LogP contribution is 2.56. The molecule has 3 amide bonds. The number of aromatic nitrogens is 2. The maximum Gasteiger partial charge on any atom is 0.240 e. The molecular formula is C30H33N5O4. The molecule has 2 atom stereocenters. The van der Waals surface area contributed by atoms with Gasteiger partial charge in [0.25, 0.3) is 0 Å². The van der Waals surface area contributed by atoms with Crippen molar-refractivity contribution in [2.75, 3.05) is 31.1 Å². The Hall–Kier alpha value is -4.14. The third-order valence-electron chi connectivity index (χ3n) is 8.22. The number of fused-ring (bicyclic) bond motifs is 6. The fourth-order valence-corrected chi connectivity index (χ4v) is 6.46. The third-order valence-corrected chi connectivity index (χ3v) is 8.22. The summed E-state index contributed by atoms with van der Waals surface area (Å²) in [7, 11) is 0. The molecule has 3 aromatic rings. The predicted octanol–water partition coefficient (Wildman–Crippen LogP) is 2.99. The van der Waals surface area contributed by atoms with Gasteiger partial charge in [-0.2, -0.15) is 0 Å². The van der Waals surface area contributed by atoms with Crippen LogP contribution in [0.25, 0.3) is 0 Å². The van der Waals surface area contributed by atoms with Crippen molar-refractivity contribution in [3.05, 3.63) is 77.9 Å². The molecule has 3 aliphatic heterocycles. The number of carbonyl (C=O) groups excluding carboxylic acids is 3. The van der Waals surface area contributed by atoms with Crippen LogP contribution in [0.5, 0.6) is 5.75 Å². The average molecular weight is 528 g/mol. The number of aryl methyl sites for hydroxylation is 2. The molecule has 9 heteroatoms. The van der Waals surface area contributed by atoms with Gasteiger partial charge in [-0.05, 0) is 42.2 Å². The molecule has 0 unspecified atom stereocenters. The number of hydrogen-bond acceptors (Lipinski definition) is 5. The van der Waals surface area contributed by atoms with E-state index >= 15 is 0 Å². The standard InChI is InChI=1S/C30H33N5O4/c1-2-25-31-14-17-33(25)15-11-27(37)34-16-12-30-23-9-3-4-10-24(23)35(29(30)38)20-26(36)32-13-6-18-39-22-8-5-7-21(19-22)28(30)34/h3-5,7-10,14,17,19,28H,2,6,11-13,15-16,18,20H2,1H3,(H,32,36)/t28-,30+/m0/s1. The lowest BCUT2D eigenvalue weighted by atomic mass is 9.72. The van der Waals surface area contributed by atoms with Gasteiger partial charge in [0.1, 0.15) is 23.5 Å². The molecule has 1 N–H and O–H groups in total. The van der Waals surface area contributed by atoms with Crippen LogP contribution in [-0.2, 0) is 32.8 Å². The molecule has 202 valence electrons. The van der Waals surface area contributed by atoms with E-state index in [0.717, 1.165) is 29.1 Å². The highest BCUT2D eigenvalue weighted by atomic mass is 16.5. The molecule has 1 fully saturated rings. The molecule has 2 aromatic carbocycles. The molecule has 0 aliphatic carbocycles. The second-order valence-electron chi connectivity index (χ2n) is 10.4. The van der Waals surface area contributed by atoms with E-state index < -0.39 is 11.5 Å². The van der Waals surface area contributed by atoms with Crippen LogP contribution in [0.1, 0.15) is 49.2 Å². The SMILES string of the molecule is CCc1nccn1CCC(=O)N1CC[C@]23C(=O)N(CC(=O)NCCCOc4cccc(c4)[C@H]12)c1ccccc13. The van der Waals surface area contributed by atoms with E-state index in [-0.39, 0.29) is 24.3 Å². The van der Waals surface area contributed by atoms with Gasteiger partial charge in [0, 0.05) is 50.6 Å². The van der Waals surface area contributed by atoms with Crippen LogP contribution in [-0.4, -0.2) is 58.4 Å². The molecule has 4 heterocycles. The Bertz CT molecular complexity index is 1420. The van der Waals surface area contributed by atoms with Gasteiger partial charge in [0.15, 0.2) is 0 Å². The average Bonchev–Trinajstić information content (AvgIpc) is 3.64. The first-order chi connectivity index (χ1) is 19.0. The van der Waals surface area contributed by atoms with E-state index in [9.17, 15) is 14.4 Å². The number of nitrogens with zero attached hydrogens (tertiary/aromatic N) is 4. The van der Waals surface area contributed by atoms with Crippen molar-refractivity contribution in [1.82, 2.24) is 19.8 Å². The Balaban J connectivity index is 1.43. The molecule has 6 rings (SSSR count). The lowest BCUT2D eigenvalue weighted by molar-refractivity contribution is -0.134. The first kappa shape index (κ1) is 25.2. The molecule has 1 spiro atoms. The Morgan fingerprint density at radius 2 is 2.05 bits per heavy atom. The summed E-state index contributed by atoms with van der Waals surface area (Å²) in [4.78, 5) is 49.0. The number of amides is 3. The summed E-state index contributed by atoms with van der Waals surface area (Å²) in [6, 6.07) is 14.9. The lowest BCUT2D eigenvalue weighted by Gasteiger charge is -2.35.